The van der Waals surface area contributed by atoms with Gasteiger partial charge in [-0.15, -0.1) is 0 Å². The Balaban J connectivity index is 2.42. The zero-order valence-electron chi connectivity index (χ0n) is 7.99. The molecular formula is C11H14N2O. The molecule has 3 heteroatoms. The third-order valence-corrected chi connectivity index (χ3v) is 1.86. The smallest absolute Gasteiger partial charge is 0.248 e. The third kappa shape index (κ3) is 3.03. The Hall–Kier alpha value is -1.61. The standard InChI is InChI=1S/C11H14N2O/c1-9(7-12)11(14)13-8-10-5-3-2-4-6-10/h2-6H,1,7-8,12H2,(H,13,14). The molecule has 0 atom stereocenters. The number of rotatable bonds is 4. The fourth-order valence-electron chi connectivity index (χ4n) is 0.996. The first-order valence-electron chi connectivity index (χ1n) is 4.44. The molecule has 3 N–H and O–H groups in total. The van der Waals surface area contributed by atoms with Gasteiger partial charge in [0.1, 0.15) is 0 Å². The Bertz CT molecular complexity index is 319. The fraction of sp³-hybridized carbons (Fsp3) is 0.182. The predicted octanol–water partition coefficient (Wildman–Crippen LogP) is 0.818. The summed E-state index contributed by atoms with van der Waals surface area (Å²) in [7, 11) is 0. The van der Waals surface area contributed by atoms with Crippen molar-refractivity contribution in [2.45, 2.75) is 6.54 Å². The maximum absolute atomic E-state index is 11.3. The minimum absolute atomic E-state index is 0.184. The molecule has 0 bridgehead atoms. The zero-order chi connectivity index (χ0) is 10.4. The van der Waals surface area contributed by atoms with Crippen LogP contribution in [0, 0.1) is 0 Å². The average molecular weight is 190 g/mol. The lowest BCUT2D eigenvalue weighted by Gasteiger charge is -2.05. The van der Waals surface area contributed by atoms with E-state index in [1.54, 1.807) is 0 Å². The van der Waals surface area contributed by atoms with Crippen LogP contribution in [0.3, 0.4) is 0 Å². The van der Waals surface area contributed by atoms with E-state index in [-0.39, 0.29) is 12.5 Å². The van der Waals surface area contributed by atoms with E-state index in [0.717, 1.165) is 5.56 Å². The van der Waals surface area contributed by atoms with Crippen molar-refractivity contribution in [3.05, 3.63) is 48.0 Å². The van der Waals surface area contributed by atoms with Crippen molar-refractivity contribution in [1.29, 1.82) is 0 Å². The van der Waals surface area contributed by atoms with Gasteiger partial charge in [0.15, 0.2) is 0 Å². The van der Waals surface area contributed by atoms with Crippen LogP contribution < -0.4 is 11.1 Å². The van der Waals surface area contributed by atoms with Gasteiger partial charge in [-0.1, -0.05) is 36.9 Å². The van der Waals surface area contributed by atoms with Crippen LogP contribution >= 0.6 is 0 Å². The number of nitrogens with two attached hydrogens (primary N) is 1. The summed E-state index contributed by atoms with van der Waals surface area (Å²) in [6, 6.07) is 9.69. The molecule has 0 aliphatic rings. The van der Waals surface area contributed by atoms with E-state index in [2.05, 4.69) is 11.9 Å². The SMILES string of the molecule is C=C(CN)C(=O)NCc1ccccc1. The Morgan fingerprint density at radius 2 is 2.00 bits per heavy atom. The summed E-state index contributed by atoms with van der Waals surface area (Å²) in [5.74, 6) is -0.184. The Labute approximate surface area is 83.6 Å². The van der Waals surface area contributed by atoms with Gasteiger partial charge in [0.2, 0.25) is 5.91 Å². The summed E-state index contributed by atoms with van der Waals surface area (Å²) in [5.41, 5.74) is 6.75. The van der Waals surface area contributed by atoms with Gasteiger partial charge in [-0.25, -0.2) is 0 Å². The molecule has 14 heavy (non-hydrogen) atoms. The lowest BCUT2D eigenvalue weighted by atomic mass is 10.2. The van der Waals surface area contributed by atoms with Gasteiger partial charge in [0.25, 0.3) is 0 Å². The molecule has 0 spiro atoms. The van der Waals surface area contributed by atoms with Gasteiger partial charge in [0, 0.05) is 18.7 Å². The molecular weight excluding hydrogens is 176 g/mol. The minimum Gasteiger partial charge on any atom is -0.348 e. The van der Waals surface area contributed by atoms with Crippen molar-refractivity contribution < 1.29 is 4.79 Å². The molecule has 3 nitrogen and oxygen atoms in total. The molecule has 0 saturated carbocycles. The Morgan fingerprint density at radius 1 is 1.36 bits per heavy atom. The van der Waals surface area contributed by atoms with Gasteiger partial charge in [-0.3, -0.25) is 4.79 Å². The Kier molecular flexibility index (Phi) is 3.88. The number of carbonyl (C=O) groups is 1. The second kappa shape index (κ2) is 5.19. The maximum Gasteiger partial charge on any atom is 0.248 e. The molecule has 0 radical (unpaired) electrons. The second-order valence-corrected chi connectivity index (χ2v) is 2.98. The monoisotopic (exact) mass is 190 g/mol. The van der Waals surface area contributed by atoms with Crippen molar-refractivity contribution in [2.24, 2.45) is 5.73 Å². The van der Waals surface area contributed by atoms with Crippen LogP contribution in [0.25, 0.3) is 0 Å². The summed E-state index contributed by atoms with van der Waals surface area (Å²) < 4.78 is 0. The first kappa shape index (κ1) is 10.5. The molecule has 0 saturated heterocycles. The van der Waals surface area contributed by atoms with E-state index < -0.39 is 0 Å². The molecule has 0 aliphatic heterocycles. The van der Waals surface area contributed by atoms with E-state index in [4.69, 9.17) is 5.73 Å². The Morgan fingerprint density at radius 3 is 2.57 bits per heavy atom. The maximum atomic E-state index is 11.3. The van der Waals surface area contributed by atoms with Gasteiger partial charge in [0.05, 0.1) is 0 Å². The highest BCUT2D eigenvalue weighted by Crippen LogP contribution is 1.97. The van der Waals surface area contributed by atoms with Crippen molar-refractivity contribution in [3.63, 3.8) is 0 Å². The summed E-state index contributed by atoms with van der Waals surface area (Å²) >= 11 is 0. The minimum atomic E-state index is -0.184. The van der Waals surface area contributed by atoms with Crippen molar-refractivity contribution in [2.75, 3.05) is 6.54 Å². The second-order valence-electron chi connectivity index (χ2n) is 2.98. The number of hydrogen-bond donors (Lipinski definition) is 2. The largest absolute Gasteiger partial charge is 0.348 e. The molecule has 1 aromatic rings. The van der Waals surface area contributed by atoms with Crippen LogP contribution in [0.1, 0.15) is 5.56 Å². The van der Waals surface area contributed by atoms with Crippen LogP contribution in [0.2, 0.25) is 0 Å². The highest BCUT2D eigenvalue weighted by Gasteiger charge is 2.03. The molecule has 1 rings (SSSR count). The molecule has 0 unspecified atom stereocenters. The lowest BCUT2D eigenvalue weighted by molar-refractivity contribution is -0.117. The van der Waals surface area contributed by atoms with Crippen molar-refractivity contribution in [1.82, 2.24) is 5.32 Å². The zero-order valence-corrected chi connectivity index (χ0v) is 7.99. The molecule has 0 aliphatic carbocycles. The number of benzene rings is 1. The van der Waals surface area contributed by atoms with Crippen molar-refractivity contribution >= 4 is 5.91 Å². The topological polar surface area (TPSA) is 55.1 Å². The molecule has 0 fully saturated rings. The summed E-state index contributed by atoms with van der Waals surface area (Å²) in [4.78, 5) is 11.3. The van der Waals surface area contributed by atoms with Gasteiger partial charge < -0.3 is 11.1 Å². The highest BCUT2D eigenvalue weighted by molar-refractivity contribution is 5.93. The van der Waals surface area contributed by atoms with Crippen LogP contribution in [0.15, 0.2) is 42.5 Å². The number of carbonyl (C=O) groups excluding carboxylic acids is 1. The summed E-state index contributed by atoms with van der Waals surface area (Å²) in [6.07, 6.45) is 0. The molecule has 0 aromatic heterocycles. The van der Waals surface area contributed by atoms with E-state index >= 15 is 0 Å². The van der Waals surface area contributed by atoms with E-state index in [1.165, 1.54) is 0 Å². The van der Waals surface area contributed by atoms with Crippen LogP contribution in [-0.2, 0) is 11.3 Å². The molecule has 0 heterocycles. The molecule has 1 aromatic carbocycles. The van der Waals surface area contributed by atoms with Gasteiger partial charge in [-0.05, 0) is 5.56 Å². The van der Waals surface area contributed by atoms with Crippen LogP contribution in [-0.4, -0.2) is 12.5 Å². The third-order valence-electron chi connectivity index (χ3n) is 1.86. The van der Waals surface area contributed by atoms with E-state index in [9.17, 15) is 4.79 Å². The van der Waals surface area contributed by atoms with Crippen LogP contribution in [0.4, 0.5) is 0 Å². The quantitative estimate of drug-likeness (QED) is 0.690. The van der Waals surface area contributed by atoms with Gasteiger partial charge in [-0.2, -0.15) is 0 Å². The molecule has 74 valence electrons. The number of hydrogen-bond acceptors (Lipinski definition) is 2. The lowest BCUT2D eigenvalue weighted by Crippen LogP contribution is -2.27. The highest BCUT2D eigenvalue weighted by atomic mass is 16.1. The normalized spacial score (nSPS) is 9.50. The van der Waals surface area contributed by atoms with Gasteiger partial charge >= 0.3 is 0 Å². The first-order chi connectivity index (χ1) is 6.74. The van der Waals surface area contributed by atoms with Crippen LogP contribution in [0.5, 0.6) is 0 Å². The van der Waals surface area contributed by atoms with E-state index in [0.29, 0.717) is 12.1 Å². The fourth-order valence-corrected chi connectivity index (χ4v) is 0.996. The number of amides is 1. The number of nitrogens with one attached hydrogen (secondary N) is 1. The summed E-state index contributed by atoms with van der Waals surface area (Å²) in [5, 5.41) is 2.73. The summed E-state index contributed by atoms with van der Waals surface area (Å²) in [6.45, 7) is 4.26. The predicted molar refractivity (Wildman–Crippen MR) is 56.5 cm³/mol. The first-order valence-corrected chi connectivity index (χ1v) is 4.44. The molecule has 1 amide bonds. The van der Waals surface area contributed by atoms with Crippen molar-refractivity contribution in [3.8, 4) is 0 Å². The van der Waals surface area contributed by atoms with E-state index in [1.807, 2.05) is 30.3 Å². The average Bonchev–Trinajstić information content (AvgIpc) is 2.26.